The van der Waals surface area contributed by atoms with Gasteiger partial charge in [0.2, 0.25) is 10.0 Å². The summed E-state index contributed by atoms with van der Waals surface area (Å²) in [5, 5.41) is 2.80. The zero-order chi connectivity index (χ0) is 18.0. The fourth-order valence-electron chi connectivity index (χ4n) is 2.42. The van der Waals surface area contributed by atoms with Crippen molar-refractivity contribution in [3.05, 3.63) is 53.6 Å². The summed E-state index contributed by atoms with van der Waals surface area (Å²) in [4.78, 5) is 12.5. The molecule has 132 valence electrons. The maximum absolute atomic E-state index is 12.5. The van der Waals surface area contributed by atoms with Crippen molar-refractivity contribution in [2.75, 3.05) is 12.4 Å². The summed E-state index contributed by atoms with van der Waals surface area (Å²) in [6, 6.07) is 11.7. The summed E-state index contributed by atoms with van der Waals surface area (Å²) < 4.78 is 32.8. The number of para-hydroxylation sites is 1. The predicted octanol–water partition coefficient (Wildman–Crippen LogP) is 2.70. The number of nitrogens with one attached hydrogen (secondary N) is 2. The molecular formula is C18H20N2O4S. The Balaban J connectivity index is 1.90. The Bertz CT molecular complexity index is 905. The van der Waals surface area contributed by atoms with E-state index in [2.05, 4.69) is 10.0 Å². The maximum Gasteiger partial charge on any atom is 0.255 e. The van der Waals surface area contributed by atoms with Crippen molar-refractivity contribution in [1.82, 2.24) is 4.72 Å². The summed E-state index contributed by atoms with van der Waals surface area (Å²) in [6.07, 6.45) is 1.66. The zero-order valence-corrected chi connectivity index (χ0v) is 14.9. The molecule has 1 saturated carbocycles. The van der Waals surface area contributed by atoms with Crippen molar-refractivity contribution in [1.29, 1.82) is 0 Å². The molecule has 0 saturated heterocycles. The van der Waals surface area contributed by atoms with Crippen LogP contribution in [0, 0.1) is 6.92 Å². The summed E-state index contributed by atoms with van der Waals surface area (Å²) in [5.41, 5.74) is 1.86. The fraction of sp³-hybridized carbons (Fsp3) is 0.278. The molecule has 0 spiro atoms. The Hall–Kier alpha value is -2.38. The van der Waals surface area contributed by atoms with E-state index in [1.165, 1.54) is 19.2 Å². The Morgan fingerprint density at radius 2 is 1.88 bits per heavy atom. The minimum atomic E-state index is -3.73. The Morgan fingerprint density at radius 3 is 2.52 bits per heavy atom. The number of benzene rings is 2. The maximum atomic E-state index is 12.5. The molecule has 7 heteroatoms. The number of aryl methyl sites for hydroxylation is 1. The lowest BCUT2D eigenvalue weighted by atomic mass is 10.1. The SMILES string of the molecule is COc1ccc(C(=O)Nc2ccccc2C)cc1S(=O)(=O)NC1CC1. The summed E-state index contributed by atoms with van der Waals surface area (Å²) in [6.45, 7) is 1.89. The topological polar surface area (TPSA) is 84.5 Å². The third-order valence-electron chi connectivity index (χ3n) is 4.01. The molecule has 1 aliphatic rings. The molecular weight excluding hydrogens is 340 g/mol. The molecule has 0 aromatic heterocycles. The quantitative estimate of drug-likeness (QED) is 0.829. The second-order valence-electron chi connectivity index (χ2n) is 6.03. The molecule has 0 aliphatic heterocycles. The van der Waals surface area contributed by atoms with Crippen LogP contribution >= 0.6 is 0 Å². The first kappa shape index (κ1) is 17.4. The number of carbonyl (C=O) groups excluding carboxylic acids is 1. The number of hydrogen-bond acceptors (Lipinski definition) is 4. The third kappa shape index (κ3) is 4.00. The van der Waals surface area contributed by atoms with Crippen molar-refractivity contribution in [2.45, 2.75) is 30.7 Å². The van der Waals surface area contributed by atoms with E-state index in [9.17, 15) is 13.2 Å². The average Bonchev–Trinajstić information content (AvgIpc) is 3.39. The van der Waals surface area contributed by atoms with Gasteiger partial charge < -0.3 is 10.1 Å². The van der Waals surface area contributed by atoms with Gasteiger partial charge in [0.25, 0.3) is 5.91 Å². The number of hydrogen-bond donors (Lipinski definition) is 2. The molecule has 2 aromatic rings. The number of sulfonamides is 1. The fourth-order valence-corrected chi connectivity index (χ4v) is 3.92. The molecule has 0 unspecified atom stereocenters. The minimum Gasteiger partial charge on any atom is -0.495 e. The number of ether oxygens (including phenoxy) is 1. The second-order valence-corrected chi connectivity index (χ2v) is 7.71. The first-order valence-corrected chi connectivity index (χ1v) is 9.46. The molecule has 0 radical (unpaired) electrons. The van der Waals surface area contributed by atoms with Gasteiger partial charge in [-0.05, 0) is 49.6 Å². The first-order valence-electron chi connectivity index (χ1n) is 7.98. The van der Waals surface area contributed by atoms with Gasteiger partial charge in [0.15, 0.2) is 0 Å². The average molecular weight is 360 g/mol. The van der Waals surface area contributed by atoms with Crippen molar-refractivity contribution in [2.24, 2.45) is 0 Å². The lowest BCUT2D eigenvalue weighted by Crippen LogP contribution is -2.26. The highest BCUT2D eigenvalue weighted by Crippen LogP contribution is 2.28. The van der Waals surface area contributed by atoms with Crippen molar-refractivity contribution < 1.29 is 17.9 Å². The molecule has 2 aromatic carbocycles. The molecule has 3 rings (SSSR count). The second kappa shape index (κ2) is 6.85. The zero-order valence-electron chi connectivity index (χ0n) is 14.1. The Kier molecular flexibility index (Phi) is 4.78. The number of carbonyl (C=O) groups is 1. The summed E-state index contributed by atoms with van der Waals surface area (Å²) >= 11 is 0. The third-order valence-corrected chi connectivity index (χ3v) is 5.55. The van der Waals surface area contributed by atoms with Crippen LogP contribution in [0.4, 0.5) is 5.69 Å². The van der Waals surface area contributed by atoms with Gasteiger partial charge in [-0.2, -0.15) is 0 Å². The van der Waals surface area contributed by atoms with Gasteiger partial charge in [0.1, 0.15) is 10.6 Å². The highest BCUT2D eigenvalue weighted by Gasteiger charge is 2.30. The molecule has 2 N–H and O–H groups in total. The standard InChI is InChI=1S/C18H20N2O4S/c1-12-5-3-4-6-15(12)19-18(21)13-7-10-16(24-2)17(11-13)25(22,23)20-14-8-9-14/h3-7,10-11,14,20H,8-9H2,1-2H3,(H,19,21). The normalized spacial score (nSPS) is 14.2. The van der Waals surface area contributed by atoms with Gasteiger partial charge in [-0.3, -0.25) is 4.79 Å². The Morgan fingerprint density at radius 1 is 1.16 bits per heavy atom. The summed E-state index contributed by atoms with van der Waals surface area (Å²) in [5.74, 6) is -0.166. The van der Waals surface area contributed by atoms with Crippen LogP contribution in [0.1, 0.15) is 28.8 Å². The molecule has 6 nitrogen and oxygen atoms in total. The number of rotatable bonds is 6. The van der Waals surface area contributed by atoms with Gasteiger partial charge in [0.05, 0.1) is 7.11 Å². The van der Waals surface area contributed by atoms with Gasteiger partial charge in [-0.1, -0.05) is 18.2 Å². The molecule has 0 atom stereocenters. The van der Waals surface area contributed by atoms with Crippen molar-refractivity contribution in [3.8, 4) is 5.75 Å². The van der Waals surface area contributed by atoms with Crippen LogP contribution in [-0.2, 0) is 10.0 Å². The van der Waals surface area contributed by atoms with Gasteiger partial charge in [0, 0.05) is 17.3 Å². The van der Waals surface area contributed by atoms with Crippen LogP contribution < -0.4 is 14.8 Å². The highest BCUT2D eigenvalue weighted by atomic mass is 32.2. The van der Waals surface area contributed by atoms with Crippen LogP contribution in [0.5, 0.6) is 5.75 Å². The predicted molar refractivity (Wildman–Crippen MR) is 95.5 cm³/mol. The largest absolute Gasteiger partial charge is 0.495 e. The van der Waals surface area contributed by atoms with Crippen molar-refractivity contribution >= 4 is 21.6 Å². The van der Waals surface area contributed by atoms with E-state index < -0.39 is 10.0 Å². The molecule has 1 aliphatic carbocycles. The first-order chi connectivity index (χ1) is 11.9. The highest BCUT2D eigenvalue weighted by molar-refractivity contribution is 7.89. The van der Waals surface area contributed by atoms with Crippen LogP contribution in [0.2, 0.25) is 0 Å². The molecule has 1 fully saturated rings. The van der Waals surface area contributed by atoms with E-state index in [0.717, 1.165) is 18.4 Å². The number of methoxy groups -OCH3 is 1. The van der Waals surface area contributed by atoms with Crippen LogP contribution in [-0.4, -0.2) is 27.5 Å². The van der Waals surface area contributed by atoms with Crippen LogP contribution in [0.15, 0.2) is 47.4 Å². The molecule has 0 bridgehead atoms. The monoisotopic (exact) mass is 360 g/mol. The molecule has 25 heavy (non-hydrogen) atoms. The van der Waals surface area contributed by atoms with E-state index in [0.29, 0.717) is 5.69 Å². The van der Waals surface area contributed by atoms with Crippen LogP contribution in [0.3, 0.4) is 0 Å². The molecule has 0 heterocycles. The van der Waals surface area contributed by atoms with Crippen molar-refractivity contribution in [3.63, 3.8) is 0 Å². The van der Waals surface area contributed by atoms with E-state index >= 15 is 0 Å². The number of amides is 1. The van der Waals surface area contributed by atoms with E-state index in [1.807, 2.05) is 25.1 Å². The van der Waals surface area contributed by atoms with E-state index in [-0.39, 0.29) is 28.2 Å². The smallest absolute Gasteiger partial charge is 0.255 e. The van der Waals surface area contributed by atoms with Gasteiger partial charge in [-0.25, -0.2) is 13.1 Å². The van der Waals surface area contributed by atoms with E-state index in [4.69, 9.17) is 4.74 Å². The minimum absolute atomic E-state index is 0.0284. The lowest BCUT2D eigenvalue weighted by molar-refractivity contribution is 0.102. The van der Waals surface area contributed by atoms with Gasteiger partial charge >= 0.3 is 0 Å². The number of anilines is 1. The van der Waals surface area contributed by atoms with Gasteiger partial charge in [-0.15, -0.1) is 0 Å². The Labute approximate surface area is 147 Å². The lowest BCUT2D eigenvalue weighted by Gasteiger charge is -2.13. The summed E-state index contributed by atoms with van der Waals surface area (Å²) in [7, 11) is -2.33. The molecule has 1 amide bonds. The van der Waals surface area contributed by atoms with Crippen LogP contribution in [0.25, 0.3) is 0 Å². The van der Waals surface area contributed by atoms with E-state index in [1.54, 1.807) is 12.1 Å².